The summed E-state index contributed by atoms with van der Waals surface area (Å²) in [6.45, 7) is 1.68. The molecule has 2 unspecified atom stereocenters. The number of nitrogens with zero attached hydrogens (tertiary/aromatic N) is 2. The quantitative estimate of drug-likeness (QED) is 0.626. The zero-order valence-electron chi connectivity index (χ0n) is 13.4. The van der Waals surface area contributed by atoms with Crippen LogP contribution in [0.15, 0.2) is 29.8 Å². The van der Waals surface area contributed by atoms with Crippen LogP contribution in [0.25, 0.3) is 6.08 Å². The van der Waals surface area contributed by atoms with Gasteiger partial charge in [0.05, 0.1) is 12.2 Å². The summed E-state index contributed by atoms with van der Waals surface area (Å²) in [6, 6.07) is 7.63. The van der Waals surface area contributed by atoms with Gasteiger partial charge in [-0.1, -0.05) is 12.1 Å². The Hall–Kier alpha value is -2.46. The Morgan fingerprint density at radius 1 is 1.33 bits per heavy atom. The number of halogens is 2. The number of alkyl halides is 2. The summed E-state index contributed by atoms with van der Waals surface area (Å²) >= 11 is 0. The number of carbonyl (C=O) groups excluding carboxylic acids is 1. The first-order valence-electron chi connectivity index (χ1n) is 7.50. The van der Waals surface area contributed by atoms with Gasteiger partial charge in [-0.05, 0) is 37.6 Å². The van der Waals surface area contributed by atoms with Gasteiger partial charge in [0, 0.05) is 13.1 Å². The fraction of sp³-hybridized carbons (Fsp3) is 0.412. The number of benzene rings is 1. The number of amides is 1. The molecule has 1 saturated heterocycles. The second kappa shape index (κ2) is 7.88. The highest BCUT2D eigenvalue weighted by Crippen LogP contribution is 2.18. The van der Waals surface area contributed by atoms with Crippen LogP contribution in [-0.2, 0) is 9.53 Å². The van der Waals surface area contributed by atoms with Crippen LogP contribution < -0.4 is 4.74 Å². The van der Waals surface area contributed by atoms with Gasteiger partial charge < -0.3 is 14.4 Å². The molecule has 2 atom stereocenters. The van der Waals surface area contributed by atoms with Gasteiger partial charge in [0.1, 0.15) is 17.4 Å². The minimum Gasteiger partial charge on any atom is -0.435 e. The van der Waals surface area contributed by atoms with E-state index in [9.17, 15) is 18.8 Å². The van der Waals surface area contributed by atoms with Gasteiger partial charge in [0.2, 0.25) is 0 Å². The van der Waals surface area contributed by atoms with Gasteiger partial charge >= 0.3 is 6.61 Å². The molecule has 5 nitrogen and oxygen atoms in total. The second-order valence-electron chi connectivity index (χ2n) is 5.58. The first kappa shape index (κ1) is 17.9. The van der Waals surface area contributed by atoms with Crippen LogP contribution in [0, 0.1) is 11.3 Å². The Balaban J connectivity index is 2.13. The van der Waals surface area contributed by atoms with E-state index in [-0.39, 0.29) is 29.4 Å². The van der Waals surface area contributed by atoms with Crippen molar-refractivity contribution >= 4 is 12.0 Å². The molecule has 0 aliphatic carbocycles. The highest BCUT2D eigenvalue weighted by atomic mass is 19.3. The van der Waals surface area contributed by atoms with E-state index in [0.717, 1.165) is 0 Å². The molecule has 1 fully saturated rings. The predicted molar refractivity (Wildman–Crippen MR) is 83.3 cm³/mol. The molecule has 2 rings (SSSR count). The van der Waals surface area contributed by atoms with Gasteiger partial charge in [-0.15, -0.1) is 0 Å². The molecule has 1 aliphatic heterocycles. The highest BCUT2D eigenvalue weighted by molar-refractivity contribution is 6.01. The predicted octanol–water partition coefficient (Wildman–Crippen LogP) is 2.83. The third-order valence-corrected chi connectivity index (χ3v) is 3.47. The van der Waals surface area contributed by atoms with Crippen LogP contribution in [0.5, 0.6) is 5.75 Å². The molecule has 1 aliphatic rings. The lowest BCUT2D eigenvalue weighted by Gasteiger charge is -2.35. The number of hydrogen-bond acceptors (Lipinski definition) is 4. The normalized spacial score (nSPS) is 21.5. The smallest absolute Gasteiger partial charge is 0.387 e. The maximum atomic E-state index is 12.5. The molecule has 128 valence electrons. The van der Waals surface area contributed by atoms with Crippen LogP contribution in [-0.4, -0.2) is 42.7 Å². The summed E-state index contributed by atoms with van der Waals surface area (Å²) in [6.07, 6.45) is 1.24. The summed E-state index contributed by atoms with van der Waals surface area (Å²) in [5.74, 6) is -0.352. The van der Waals surface area contributed by atoms with E-state index < -0.39 is 6.61 Å². The Morgan fingerprint density at radius 3 is 2.42 bits per heavy atom. The molecule has 1 heterocycles. The molecular weight excluding hydrogens is 318 g/mol. The van der Waals surface area contributed by atoms with Gasteiger partial charge in [-0.25, -0.2) is 0 Å². The maximum Gasteiger partial charge on any atom is 0.387 e. The summed E-state index contributed by atoms with van der Waals surface area (Å²) in [5, 5.41) is 9.27. The number of hydrogen-bond donors (Lipinski definition) is 0. The lowest BCUT2D eigenvalue weighted by atomic mass is 10.1. The first-order valence-corrected chi connectivity index (χ1v) is 7.50. The number of ether oxygens (including phenoxy) is 2. The van der Waals surface area contributed by atoms with Crippen molar-refractivity contribution in [3.63, 3.8) is 0 Å². The average Bonchev–Trinajstić information content (AvgIpc) is 2.52. The standard InChI is InChI=1S/C17H18F2N2O3/c1-11-9-21(10-12(2)23-11)16(22)14(8-20)7-13-3-5-15(6-4-13)24-17(18)19/h3-7,11-12,17H,9-10H2,1-2H3. The first-order chi connectivity index (χ1) is 11.4. The molecule has 24 heavy (non-hydrogen) atoms. The van der Waals surface area contributed by atoms with E-state index in [4.69, 9.17) is 4.74 Å². The fourth-order valence-corrected chi connectivity index (χ4v) is 2.57. The molecule has 0 spiro atoms. The third kappa shape index (κ3) is 4.77. The molecule has 0 aromatic heterocycles. The Kier molecular flexibility index (Phi) is 5.88. The van der Waals surface area contributed by atoms with E-state index in [1.54, 1.807) is 4.90 Å². The van der Waals surface area contributed by atoms with Crippen LogP contribution in [0.4, 0.5) is 8.78 Å². The number of rotatable bonds is 4. The van der Waals surface area contributed by atoms with Gasteiger partial charge in [0.25, 0.3) is 5.91 Å². The summed E-state index contributed by atoms with van der Waals surface area (Å²) < 4.78 is 34.1. The molecule has 1 aromatic rings. The van der Waals surface area contributed by atoms with Crippen LogP contribution in [0.2, 0.25) is 0 Å². The average molecular weight is 336 g/mol. The topological polar surface area (TPSA) is 62.6 Å². The van der Waals surface area contributed by atoms with E-state index in [2.05, 4.69) is 4.74 Å². The molecule has 1 amide bonds. The van der Waals surface area contributed by atoms with E-state index in [1.807, 2.05) is 19.9 Å². The van der Waals surface area contributed by atoms with E-state index in [1.165, 1.54) is 30.3 Å². The minimum absolute atomic E-state index is 0.0150. The lowest BCUT2D eigenvalue weighted by molar-refractivity contribution is -0.138. The number of carbonyl (C=O) groups is 1. The van der Waals surface area contributed by atoms with Crippen molar-refractivity contribution in [2.24, 2.45) is 0 Å². The molecule has 7 heteroatoms. The van der Waals surface area contributed by atoms with Gasteiger partial charge in [0.15, 0.2) is 0 Å². The van der Waals surface area contributed by atoms with E-state index in [0.29, 0.717) is 18.7 Å². The zero-order chi connectivity index (χ0) is 17.7. The molecular formula is C17H18F2N2O3. The van der Waals surface area contributed by atoms with Crippen LogP contribution in [0.1, 0.15) is 19.4 Å². The zero-order valence-corrected chi connectivity index (χ0v) is 13.4. The van der Waals surface area contributed by atoms with Gasteiger partial charge in [-0.2, -0.15) is 14.0 Å². The Morgan fingerprint density at radius 2 is 1.92 bits per heavy atom. The Labute approximate surface area is 139 Å². The largest absolute Gasteiger partial charge is 0.435 e. The van der Waals surface area contributed by atoms with Crippen molar-refractivity contribution in [2.45, 2.75) is 32.7 Å². The van der Waals surface area contributed by atoms with Crippen LogP contribution in [0.3, 0.4) is 0 Å². The number of morpholine rings is 1. The van der Waals surface area contributed by atoms with Crippen molar-refractivity contribution in [1.82, 2.24) is 4.90 Å². The maximum absolute atomic E-state index is 12.5. The summed E-state index contributed by atoms with van der Waals surface area (Å²) in [4.78, 5) is 14.1. The molecule has 0 N–H and O–H groups in total. The fourth-order valence-electron chi connectivity index (χ4n) is 2.57. The molecule has 0 bridgehead atoms. The monoisotopic (exact) mass is 336 g/mol. The highest BCUT2D eigenvalue weighted by Gasteiger charge is 2.27. The lowest BCUT2D eigenvalue weighted by Crippen LogP contribution is -2.48. The molecule has 0 saturated carbocycles. The second-order valence-corrected chi connectivity index (χ2v) is 5.58. The summed E-state index contributed by atoms with van der Waals surface area (Å²) in [7, 11) is 0. The van der Waals surface area contributed by atoms with Crippen molar-refractivity contribution in [3.05, 3.63) is 35.4 Å². The van der Waals surface area contributed by atoms with Gasteiger partial charge in [-0.3, -0.25) is 4.79 Å². The number of nitriles is 1. The Bertz CT molecular complexity index is 643. The van der Waals surface area contributed by atoms with Crippen molar-refractivity contribution in [3.8, 4) is 11.8 Å². The van der Waals surface area contributed by atoms with Crippen molar-refractivity contribution in [2.75, 3.05) is 13.1 Å². The van der Waals surface area contributed by atoms with Crippen LogP contribution >= 0.6 is 0 Å². The molecule has 1 aromatic carbocycles. The van der Waals surface area contributed by atoms with Crippen molar-refractivity contribution in [1.29, 1.82) is 5.26 Å². The molecule has 0 radical (unpaired) electrons. The SMILES string of the molecule is CC1CN(C(=O)C(C#N)=Cc2ccc(OC(F)F)cc2)CC(C)O1. The van der Waals surface area contributed by atoms with Crippen molar-refractivity contribution < 1.29 is 23.0 Å². The third-order valence-electron chi connectivity index (χ3n) is 3.47. The van der Waals surface area contributed by atoms with E-state index >= 15 is 0 Å². The minimum atomic E-state index is -2.90. The summed E-state index contributed by atoms with van der Waals surface area (Å²) in [5.41, 5.74) is 0.537.